The summed E-state index contributed by atoms with van der Waals surface area (Å²) in [4.78, 5) is 14.7. The van der Waals surface area contributed by atoms with Crippen molar-refractivity contribution in [2.75, 3.05) is 7.11 Å². The molecule has 1 N–H and O–H groups in total. The molecule has 4 rings (SSSR count). The lowest BCUT2D eigenvalue weighted by atomic mass is 9.78. The van der Waals surface area contributed by atoms with Crippen LogP contribution in [0, 0.1) is 11.8 Å². The Kier molecular flexibility index (Phi) is 5.15. The maximum Gasteiger partial charge on any atom is 0.261 e. The second kappa shape index (κ2) is 7.59. The van der Waals surface area contributed by atoms with Crippen LogP contribution in [0.2, 0.25) is 0 Å². The van der Waals surface area contributed by atoms with Gasteiger partial charge in [-0.3, -0.25) is 9.48 Å². The van der Waals surface area contributed by atoms with Crippen LogP contribution in [-0.2, 0) is 7.05 Å². The average molecular weight is 398 g/mol. The number of thiophene rings is 1. The standard InChI is InChI=1S/C22H27N3O2S/c1-13-7-5-10-18(14(13)2)23-21(26)19-12-17-20(24-25(3)22(17)28-19)15-8-6-9-16(11-15)27-4/h6,8-9,11-14,18H,5,7,10H2,1-4H3,(H,23,26). The van der Waals surface area contributed by atoms with Crippen LogP contribution < -0.4 is 10.1 Å². The molecule has 0 bridgehead atoms. The molecular weight excluding hydrogens is 370 g/mol. The fourth-order valence-electron chi connectivity index (χ4n) is 4.16. The van der Waals surface area contributed by atoms with E-state index in [4.69, 9.17) is 4.74 Å². The van der Waals surface area contributed by atoms with Crippen LogP contribution in [0.25, 0.3) is 21.5 Å². The monoisotopic (exact) mass is 397 g/mol. The normalized spacial score (nSPS) is 22.4. The third-order valence-corrected chi connectivity index (χ3v) is 7.30. The summed E-state index contributed by atoms with van der Waals surface area (Å²) >= 11 is 1.51. The van der Waals surface area contributed by atoms with Gasteiger partial charge in [0.25, 0.3) is 5.91 Å². The highest BCUT2D eigenvalue weighted by Gasteiger charge is 2.29. The fraction of sp³-hybridized carbons (Fsp3) is 0.455. The Bertz CT molecular complexity index is 1010. The first kappa shape index (κ1) is 19.0. The van der Waals surface area contributed by atoms with E-state index in [-0.39, 0.29) is 11.9 Å². The molecule has 0 saturated heterocycles. The number of nitrogens with zero attached hydrogens (tertiary/aromatic N) is 2. The van der Waals surface area contributed by atoms with Gasteiger partial charge >= 0.3 is 0 Å². The Morgan fingerprint density at radius 1 is 1.29 bits per heavy atom. The van der Waals surface area contributed by atoms with Crippen molar-refractivity contribution < 1.29 is 9.53 Å². The zero-order chi connectivity index (χ0) is 19.8. The van der Waals surface area contributed by atoms with Gasteiger partial charge in [-0.15, -0.1) is 11.3 Å². The van der Waals surface area contributed by atoms with Crippen molar-refractivity contribution in [1.29, 1.82) is 0 Å². The molecule has 2 aromatic heterocycles. The van der Waals surface area contributed by atoms with Crippen molar-refractivity contribution in [2.24, 2.45) is 18.9 Å². The van der Waals surface area contributed by atoms with Gasteiger partial charge in [0.15, 0.2) is 0 Å². The number of nitrogens with one attached hydrogen (secondary N) is 1. The Hall–Kier alpha value is -2.34. The van der Waals surface area contributed by atoms with Gasteiger partial charge < -0.3 is 10.1 Å². The van der Waals surface area contributed by atoms with Crippen molar-refractivity contribution in [3.8, 4) is 17.0 Å². The molecule has 0 aliphatic heterocycles. The van der Waals surface area contributed by atoms with Gasteiger partial charge in [0.2, 0.25) is 0 Å². The van der Waals surface area contributed by atoms with Crippen LogP contribution in [0.3, 0.4) is 0 Å². The molecule has 3 unspecified atom stereocenters. The molecule has 2 heterocycles. The smallest absolute Gasteiger partial charge is 0.261 e. The molecular formula is C22H27N3O2S. The first-order valence-corrected chi connectivity index (χ1v) is 10.7. The molecule has 28 heavy (non-hydrogen) atoms. The summed E-state index contributed by atoms with van der Waals surface area (Å²) in [6, 6.07) is 10.1. The van der Waals surface area contributed by atoms with E-state index < -0.39 is 0 Å². The van der Waals surface area contributed by atoms with Crippen LogP contribution in [0.1, 0.15) is 42.8 Å². The molecule has 1 aliphatic carbocycles. The first-order valence-electron chi connectivity index (χ1n) is 9.89. The number of fused-ring (bicyclic) bond motifs is 1. The highest BCUT2D eigenvalue weighted by atomic mass is 32.1. The quantitative estimate of drug-likeness (QED) is 0.684. The Labute approximate surface area is 169 Å². The third-order valence-electron chi connectivity index (χ3n) is 6.10. The van der Waals surface area contributed by atoms with Crippen molar-refractivity contribution >= 4 is 27.5 Å². The summed E-state index contributed by atoms with van der Waals surface area (Å²) < 4.78 is 7.20. The third kappa shape index (κ3) is 3.41. The number of aromatic nitrogens is 2. The van der Waals surface area contributed by atoms with Gasteiger partial charge in [-0.25, -0.2) is 0 Å². The van der Waals surface area contributed by atoms with Crippen LogP contribution >= 0.6 is 11.3 Å². The minimum absolute atomic E-state index is 0.0312. The highest BCUT2D eigenvalue weighted by Crippen LogP contribution is 2.35. The topological polar surface area (TPSA) is 56.2 Å². The van der Waals surface area contributed by atoms with E-state index in [0.29, 0.717) is 11.8 Å². The van der Waals surface area contributed by atoms with Crippen LogP contribution in [0.15, 0.2) is 30.3 Å². The van der Waals surface area contributed by atoms with E-state index in [1.54, 1.807) is 7.11 Å². The molecule has 148 valence electrons. The van der Waals surface area contributed by atoms with Crippen LogP contribution in [0.4, 0.5) is 0 Å². The second-order valence-corrected chi connectivity index (χ2v) is 8.91. The Morgan fingerprint density at radius 2 is 2.11 bits per heavy atom. The summed E-state index contributed by atoms with van der Waals surface area (Å²) in [5, 5.41) is 8.97. The van der Waals surface area contributed by atoms with E-state index in [1.165, 1.54) is 24.2 Å². The number of hydrogen-bond donors (Lipinski definition) is 1. The molecule has 1 saturated carbocycles. The SMILES string of the molecule is COc1cccc(-c2nn(C)c3sc(C(=O)NC4CCCC(C)C4C)cc23)c1. The first-order chi connectivity index (χ1) is 13.5. The molecule has 0 spiro atoms. The summed E-state index contributed by atoms with van der Waals surface area (Å²) in [7, 11) is 3.59. The maximum atomic E-state index is 12.9. The minimum atomic E-state index is 0.0312. The molecule has 6 heteroatoms. The number of hydrogen-bond acceptors (Lipinski definition) is 4. The van der Waals surface area contributed by atoms with E-state index in [0.717, 1.165) is 38.5 Å². The van der Waals surface area contributed by atoms with Gasteiger partial charge in [0.1, 0.15) is 16.3 Å². The fourth-order valence-corrected chi connectivity index (χ4v) is 5.14. The molecule has 0 radical (unpaired) electrons. The summed E-state index contributed by atoms with van der Waals surface area (Å²) in [5.41, 5.74) is 1.87. The van der Waals surface area contributed by atoms with Crippen molar-refractivity contribution in [3.05, 3.63) is 35.2 Å². The largest absolute Gasteiger partial charge is 0.497 e. The number of carbonyl (C=O) groups is 1. The molecule has 1 fully saturated rings. The number of ether oxygens (including phenoxy) is 1. The van der Waals surface area contributed by atoms with Crippen molar-refractivity contribution in [2.45, 2.75) is 39.2 Å². The van der Waals surface area contributed by atoms with E-state index in [2.05, 4.69) is 24.3 Å². The lowest BCUT2D eigenvalue weighted by Crippen LogP contribution is -2.43. The summed E-state index contributed by atoms with van der Waals surface area (Å²) in [6.45, 7) is 4.54. The van der Waals surface area contributed by atoms with Gasteiger partial charge in [-0.05, 0) is 36.5 Å². The average Bonchev–Trinajstić information content (AvgIpc) is 3.26. The van der Waals surface area contributed by atoms with Crippen LogP contribution in [0.5, 0.6) is 5.75 Å². The summed E-state index contributed by atoms with van der Waals surface area (Å²) in [6.07, 6.45) is 3.51. The number of methoxy groups -OCH3 is 1. The van der Waals surface area contributed by atoms with Gasteiger partial charge in [-0.1, -0.05) is 38.8 Å². The van der Waals surface area contributed by atoms with E-state index in [9.17, 15) is 4.79 Å². The number of rotatable bonds is 4. The van der Waals surface area contributed by atoms with Crippen molar-refractivity contribution in [1.82, 2.24) is 15.1 Å². The lowest BCUT2D eigenvalue weighted by molar-refractivity contribution is 0.0895. The zero-order valence-corrected chi connectivity index (χ0v) is 17.7. The van der Waals surface area contributed by atoms with Gasteiger partial charge in [-0.2, -0.15) is 5.10 Å². The second-order valence-electron chi connectivity index (χ2n) is 7.88. The molecule has 3 aromatic rings. The van der Waals surface area contributed by atoms with E-state index in [1.807, 2.05) is 42.1 Å². The number of carbonyl (C=O) groups excluding carboxylic acids is 1. The maximum absolute atomic E-state index is 12.9. The zero-order valence-electron chi connectivity index (χ0n) is 16.9. The molecule has 1 amide bonds. The minimum Gasteiger partial charge on any atom is -0.497 e. The Morgan fingerprint density at radius 3 is 2.89 bits per heavy atom. The molecule has 5 nitrogen and oxygen atoms in total. The van der Waals surface area contributed by atoms with Gasteiger partial charge in [0.05, 0.1) is 12.0 Å². The van der Waals surface area contributed by atoms with E-state index >= 15 is 0 Å². The number of benzene rings is 1. The van der Waals surface area contributed by atoms with Crippen molar-refractivity contribution in [3.63, 3.8) is 0 Å². The molecule has 1 aliphatic rings. The predicted octanol–water partition coefficient (Wildman–Crippen LogP) is 4.86. The number of aryl methyl sites for hydroxylation is 1. The predicted molar refractivity (Wildman–Crippen MR) is 114 cm³/mol. The molecule has 1 aromatic carbocycles. The lowest BCUT2D eigenvalue weighted by Gasteiger charge is -2.34. The van der Waals surface area contributed by atoms with Gasteiger partial charge in [0, 0.05) is 24.0 Å². The summed E-state index contributed by atoms with van der Waals surface area (Å²) in [5.74, 6) is 2.00. The van der Waals surface area contributed by atoms with Crippen LogP contribution in [-0.4, -0.2) is 28.8 Å². The number of amides is 1. The molecule has 3 atom stereocenters. The Balaban J connectivity index is 1.63. The highest BCUT2D eigenvalue weighted by molar-refractivity contribution is 7.20.